The lowest BCUT2D eigenvalue weighted by Crippen LogP contribution is -2.37. The SMILES string of the molecule is Cc1cc(NSc2cc(-c3nc(C)c(C(=O)N4CCC(C)CC4)s3)n(C)c2)no1. The molecular formula is C20H25N5O2S2. The van der Waals surface area contributed by atoms with Gasteiger partial charge in [-0.05, 0) is 50.6 Å². The standard InChI is InChI=1S/C20H25N5O2S2/c1-12-5-7-25(8-6-12)20(26)18-14(3)21-19(28-18)16-10-15(11-24(16)4)29-23-17-9-13(2)27-22-17/h9-12H,5-8H2,1-4H3,(H,22,23). The van der Waals surface area contributed by atoms with E-state index in [1.54, 1.807) is 0 Å². The molecule has 1 fully saturated rings. The van der Waals surface area contributed by atoms with Crippen LogP contribution in [0, 0.1) is 19.8 Å². The number of amides is 1. The largest absolute Gasteiger partial charge is 0.360 e. The number of carbonyl (C=O) groups excluding carboxylic acids is 1. The van der Waals surface area contributed by atoms with E-state index in [0.717, 1.165) is 57.9 Å². The highest BCUT2D eigenvalue weighted by molar-refractivity contribution is 8.00. The van der Waals surface area contributed by atoms with Gasteiger partial charge in [-0.3, -0.25) is 4.79 Å². The second-order valence-corrected chi connectivity index (χ2v) is 9.49. The minimum absolute atomic E-state index is 0.116. The second kappa shape index (κ2) is 8.23. The predicted molar refractivity (Wildman–Crippen MR) is 116 cm³/mol. The lowest BCUT2D eigenvalue weighted by atomic mass is 9.99. The maximum absolute atomic E-state index is 13.0. The molecule has 4 heterocycles. The van der Waals surface area contributed by atoms with Crippen LogP contribution < -0.4 is 4.72 Å². The first kappa shape index (κ1) is 20.0. The number of thiazole rings is 1. The van der Waals surface area contributed by atoms with Crippen molar-refractivity contribution in [3.05, 3.63) is 34.7 Å². The molecular weight excluding hydrogens is 406 g/mol. The Labute approximate surface area is 178 Å². The van der Waals surface area contributed by atoms with E-state index in [1.807, 2.05) is 42.6 Å². The summed E-state index contributed by atoms with van der Waals surface area (Å²) in [4.78, 5) is 21.4. The van der Waals surface area contributed by atoms with Gasteiger partial charge in [-0.2, -0.15) is 0 Å². The highest BCUT2D eigenvalue weighted by Gasteiger charge is 2.25. The molecule has 0 radical (unpaired) electrons. The molecule has 0 unspecified atom stereocenters. The summed E-state index contributed by atoms with van der Waals surface area (Å²) in [5.74, 6) is 2.27. The van der Waals surface area contributed by atoms with Crippen molar-refractivity contribution in [2.45, 2.75) is 38.5 Å². The number of nitrogens with one attached hydrogen (secondary N) is 1. The number of aromatic nitrogens is 3. The zero-order valence-electron chi connectivity index (χ0n) is 17.1. The van der Waals surface area contributed by atoms with Crippen LogP contribution >= 0.6 is 23.3 Å². The van der Waals surface area contributed by atoms with Crippen molar-refractivity contribution >= 4 is 35.0 Å². The molecule has 7 nitrogen and oxygen atoms in total. The van der Waals surface area contributed by atoms with Gasteiger partial charge < -0.3 is 18.7 Å². The first-order chi connectivity index (χ1) is 13.9. The quantitative estimate of drug-likeness (QED) is 0.588. The minimum Gasteiger partial charge on any atom is -0.360 e. The Morgan fingerprint density at radius 1 is 1.31 bits per heavy atom. The van der Waals surface area contributed by atoms with Crippen LogP contribution in [0.2, 0.25) is 0 Å². The van der Waals surface area contributed by atoms with Crippen LogP contribution in [0.5, 0.6) is 0 Å². The van der Waals surface area contributed by atoms with Crippen LogP contribution in [0.3, 0.4) is 0 Å². The molecule has 4 rings (SSSR count). The molecule has 3 aromatic heterocycles. The number of hydrogen-bond donors (Lipinski definition) is 1. The average molecular weight is 432 g/mol. The van der Waals surface area contributed by atoms with Gasteiger partial charge in [0.1, 0.15) is 15.6 Å². The number of aryl methyl sites for hydroxylation is 3. The third-order valence-corrected chi connectivity index (χ3v) is 7.10. The maximum Gasteiger partial charge on any atom is 0.265 e. The molecule has 0 bridgehead atoms. The molecule has 0 aliphatic carbocycles. The summed E-state index contributed by atoms with van der Waals surface area (Å²) in [5.41, 5.74) is 1.80. The lowest BCUT2D eigenvalue weighted by Gasteiger charge is -2.30. The van der Waals surface area contributed by atoms with Crippen molar-refractivity contribution in [3.63, 3.8) is 0 Å². The van der Waals surface area contributed by atoms with Crippen molar-refractivity contribution in [3.8, 4) is 10.7 Å². The van der Waals surface area contributed by atoms with Crippen LogP contribution in [0.25, 0.3) is 10.7 Å². The molecule has 0 spiro atoms. The molecule has 9 heteroatoms. The summed E-state index contributed by atoms with van der Waals surface area (Å²) in [7, 11) is 1.99. The summed E-state index contributed by atoms with van der Waals surface area (Å²) in [5, 5.41) is 4.80. The smallest absolute Gasteiger partial charge is 0.265 e. The fraction of sp³-hybridized carbons (Fsp3) is 0.450. The summed E-state index contributed by atoms with van der Waals surface area (Å²) in [6.45, 7) is 7.71. The molecule has 0 aromatic carbocycles. The summed E-state index contributed by atoms with van der Waals surface area (Å²) >= 11 is 2.95. The van der Waals surface area contributed by atoms with Gasteiger partial charge in [0, 0.05) is 37.3 Å². The van der Waals surface area contributed by atoms with Crippen molar-refractivity contribution in [2.24, 2.45) is 13.0 Å². The zero-order valence-corrected chi connectivity index (χ0v) is 18.7. The van der Waals surface area contributed by atoms with Gasteiger partial charge in [0.15, 0.2) is 5.82 Å². The molecule has 0 saturated carbocycles. The van der Waals surface area contributed by atoms with Gasteiger partial charge in [-0.25, -0.2) is 4.98 Å². The average Bonchev–Trinajstić information content (AvgIpc) is 3.38. The number of hydrogen-bond acceptors (Lipinski definition) is 7. The van der Waals surface area contributed by atoms with Crippen molar-refractivity contribution in [1.82, 2.24) is 19.6 Å². The number of nitrogens with zero attached hydrogens (tertiary/aromatic N) is 4. The Kier molecular flexibility index (Phi) is 5.69. The Bertz CT molecular complexity index is 1010. The van der Waals surface area contributed by atoms with E-state index in [4.69, 9.17) is 9.51 Å². The third-order valence-electron chi connectivity index (χ3n) is 5.16. The van der Waals surface area contributed by atoms with Crippen LogP contribution in [0.4, 0.5) is 5.82 Å². The number of anilines is 1. The maximum atomic E-state index is 13.0. The van der Waals surface area contributed by atoms with Gasteiger partial charge in [0.25, 0.3) is 5.91 Å². The number of rotatable bonds is 5. The molecule has 1 aliphatic heterocycles. The summed E-state index contributed by atoms with van der Waals surface area (Å²) < 4.78 is 10.3. The van der Waals surface area contributed by atoms with Gasteiger partial charge >= 0.3 is 0 Å². The minimum atomic E-state index is 0.116. The Balaban J connectivity index is 1.49. The molecule has 1 amide bonds. The lowest BCUT2D eigenvalue weighted by molar-refractivity contribution is 0.0701. The van der Waals surface area contributed by atoms with Gasteiger partial charge in [0.2, 0.25) is 0 Å². The topological polar surface area (TPSA) is 76.2 Å². The van der Waals surface area contributed by atoms with Crippen LogP contribution in [0.1, 0.15) is 40.9 Å². The molecule has 3 aromatic rings. The number of carbonyl (C=O) groups is 1. The van der Waals surface area contributed by atoms with Gasteiger partial charge in [-0.15, -0.1) is 11.3 Å². The summed E-state index contributed by atoms with van der Waals surface area (Å²) in [6, 6.07) is 3.92. The van der Waals surface area contributed by atoms with E-state index < -0.39 is 0 Å². The molecule has 0 atom stereocenters. The van der Waals surface area contributed by atoms with Crippen molar-refractivity contribution < 1.29 is 9.32 Å². The Morgan fingerprint density at radius 2 is 2.07 bits per heavy atom. The Morgan fingerprint density at radius 3 is 2.76 bits per heavy atom. The highest BCUT2D eigenvalue weighted by Crippen LogP contribution is 2.33. The van der Waals surface area contributed by atoms with E-state index in [-0.39, 0.29) is 5.91 Å². The monoisotopic (exact) mass is 431 g/mol. The fourth-order valence-corrected chi connectivity index (χ4v) is 5.18. The van der Waals surface area contributed by atoms with Gasteiger partial charge in [0.05, 0.1) is 11.4 Å². The zero-order chi connectivity index (χ0) is 20.5. The van der Waals surface area contributed by atoms with E-state index in [1.165, 1.54) is 23.3 Å². The number of piperidine rings is 1. The first-order valence-electron chi connectivity index (χ1n) is 9.70. The first-order valence-corrected chi connectivity index (χ1v) is 11.3. The van der Waals surface area contributed by atoms with Crippen LogP contribution in [0.15, 0.2) is 27.7 Å². The van der Waals surface area contributed by atoms with E-state index in [2.05, 4.69) is 22.9 Å². The molecule has 1 N–H and O–H groups in total. The van der Waals surface area contributed by atoms with Crippen LogP contribution in [-0.2, 0) is 7.05 Å². The normalized spacial score (nSPS) is 15.1. The molecule has 1 saturated heterocycles. The molecule has 1 aliphatic rings. The fourth-order valence-electron chi connectivity index (χ4n) is 3.39. The van der Waals surface area contributed by atoms with Gasteiger partial charge in [-0.1, -0.05) is 12.1 Å². The predicted octanol–water partition coefficient (Wildman–Crippen LogP) is 4.74. The van der Waals surface area contributed by atoms with Crippen LogP contribution in [-0.4, -0.2) is 38.6 Å². The van der Waals surface area contributed by atoms with Crippen molar-refractivity contribution in [2.75, 3.05) is 17.8 Å². The van der Waals surface area contributed by atoms with E-state index in [9.17, 15) is 4.79 Å². The number of likely N-dealkylation sites (tertiary alicyclic amines) is 1. The molecule has 29 heavy (non-hydrogen) atoms. The van der Waals surface area contributed by atoms with E-state index >= 15 is 0 Å². The third kappa shape index (κ3) is 4.35. The van der Waals surface area contributed by atoms with E-state index in [0.29, 0.717) is 11.7 Å². The molecule has 154 valence electrons. The Hall–Kier alpha value is -2.26. The summed E-state index contributed by atoms with van der Waals surface area (Å²) in [6.07, 6.45) is 4.18. The van der Waals surface area contributed by atoms with Crippen molar-refractivity contribution in [1.29, 1.82) is 0 Å². The highest BCUT2D eigenvalue weighted by atomic mass is 32.2. The second-order valence-electron chi connectivity index (χ2n) is 7.61.